The number of carbonyl (C=O) groups is 1. The number of nitrogens with zero attached hydrogens (tertiary/aromatic N) is 3. The first-order valence-corrected chi connectivity index (χ1v) is 10.3. The van der Waals surface area contributed by atoms with Crippen molar-refractivity contribution in [2.75, 3.05) is 25.5 Å². The molecule has 28 heavy (non-hydrogen) atoms. The van der Waals surface area contributed by atoms with Crippen molar-refractivity contribution in [1.82, 2.24) is 14.5 Å². The number of benzene rings is 2. The Morgan fingerprint density at radius 2 is 1.96 bits per heavy atom. The maximum absolute atomic E-state index is 12.8. The van der Waals surface area contributed by atoms with Gasteiger partial charge in [-0.05, 0) is 36.8 Å². The highest BCUT2D eigenvalue weighted by molar-refractivity contribution is 7.99. The van der Waals surface area contributed by atoms with E-state index in [-0.39, 0.29) is 5.91 Å². The minimum atomic E-state index is 0.0921. The molecule has 4 rings (SSSR count). The SMILES string of the molecule is CCN(Cc1ccc2c(c1)OCCO2)C(=O)CSc1nc2ccccc2n1C. The molecule has 0 N–H and O–H groups in total. The molecule has 0 spiro atoms. The van der Waals surface area contributed by atoms with Crippen LogP contribution in [0.4, 0.5) is 0 Å². The maximum atomic E-state index is 12.8. The number of aryl methyl sites for hydroxylation is 1. The van der Waals surface area contributed by atoms with Crippen LogP contribution in [0.2, 0.25) is 0 Å². The van der Waals surface area contributed by atoms with E-state index in [0.29, 0.717) is 32.1 Å². The third-order valence-electron chi connectivity index (χ3n) is 4.79. The summed E-state index contributed by atoms with van der Waals surface area (Å²) < 4.78 is 13.2. The van der Waals surface area contributed by atoms with Gasteiger partial charge in [-0.25, -0.2) is 4.98 Å². The van der Waals surface area contributed by atoms with Gasteiger partial charge in [-0.3, -0.25) is 4.79 Å². The van der Waals surface area contributed by atoms with Gasteiger partial charge in [-0.1, -0.05) is 30.0 Å². The monoisotopic (exact) mass is 397 g/mol. The molecule has 2 heterocycles. The molecule has 0 unspecified atom stereocenters. The van der Waals surface area contributed by atoms with Gasteiger partial charge in [-0.2, -0.15) is 0 Å². The fraction of sp³-hybridized carbons (Fsp3) is 0.333. The number of imidazole rings is 1. The van der Waals surface area contributed by atoms with Crippen LogP contribution >= 0.6 is 11.8 Å². The van der Waals surface area contributed by atoms with E-state index in [4.69, 9.17) is 9.47 Å². The maximum Gasteiger partial charge on any atom is 0.233 e. The first kappa shape index (κ1) is 18.7. The second kappa shape index (κ2) is 8.14. The lowest BCUT2D eigenvalue weighted by molar-refractivity contribution is -0.128. The van der Waals surface area contributed by atoms with Gasteiger partial charge in [0.15, 0.2) is 16.7 Å². The molecular formula is C21H23N3O3S. The van der Waals surface area contributed by atoms with Crippen molar-refractivity contribution in [3.63, 3.8) is 0 Å². The highest BCUT2D eigenvalue weighted by Crippen LogP contribution is 2.31. The van der Waals surface area contributed by atoms with Gasteiger partial charge in [0.05, 0.1) is 16.8 Å². The Balaban J connectivity index is 1.41. The molecule has 0 aliphatic carbocycles. The molecule has 0 fully saturated rings. The molecule has 1 aliphatic rings. The van der Waals surface area contributed by atoms with Crippen LogP contribution in [0.1, 0.15) is 12.5 Å². The van der Waals surface area contributed by atoms with Crippen molar-refractivity contribution in [1.29, 1.82) is 0 Å². The summed E-state index contributed by atoms with van der Waals surface area (Å²) in [5.74, 6) is 1.97. The molecule has 2 aromatic carbocycles. The van der Waals surface area contributed by atoms with Gasteiger partial charge in [0, 0.05) is 20.1 Å². The smallest absolute Gasteiger partial charge is 0.233 e. The Bertz CT molecular complexity index is 1000. The normalized spacial score (nSPS) is 12.9. The molecule has 1 aliphatic heterocycles. The average molecular weight is 398 g/mol. The fourth-order valence-electron chi connectivity index (χ4n) is 3.25. The summed E-state index contributed by atoms with van der Waals surface area (Å²) in [6.07, 6.45) is 0. The Morgan fingerprint density at radius 1 is 1.18 bits per heavy atom. The van der Waals surface area contributed by atoms with E-state index in [1.807, 2.05) is 65.9 Å². The Kier molecular flexibility index (Phi) is 5.43. The number of para-hydroxylation sites is 2. The van der Waals surface area contributed by atoms with Gasteiger partial charge < -0.3 is 18.9 Å². The predicted octanol–water partition coefficient (Wildman–Crippen LogP) is 3.49. The molecule has 6 nitrogen and oxygen atoms in total. The molecule has 1 aromatic heterocycles. The highest BCUT2D eigenvalue weighted by atomic mass is 32.2. The van der Waals surface area contributed by atoms with Crippen LogP contribution in [-0.2, 0) is 18.4 Å². The van der Waals surface area contributed by atoms with Crippen LogP contribution in [0.5, 0.6) is 11.5 Å². The Hall–Kier alpha value is -2.67. The summed E-state index contributed by atoms with van der Waals surface area (Å²) >= 11 is 1.47. The average Bonchev–Trinajstić information content (AvgIpc) is 3.06. The lowest BCUT2D eigenvalue weighted by Crippen LogP contribution is -2.31. The van der Waals surface area contributed by atoms with Crippen LogP contribution in [0.3, 0.4) is 0 Å². The predicted molar refractivity (Wildman–Crippen MR) is 110 cm³/mol. The summed E-state index contributed by atoms with van der Waals surface area (Å²) in [5.41, 5.74) is 3.05. The number of aromatic nitrogens is 2. The Labute approximate surface area is 168 Å². The zero-order chi connectivity index (χ0) is 19.5. The molecule has 1 amide bonds. The number of rotatable bonds is 6. The van der Waals surface area contributed by atoms with Crippen LogP contribution in [0, 0.1) is 0 Å². The van der Waals surface area contributed by atoms with Crippen molar-refractivity contribution in [2.24, 2.45) is 7.05 Å². The van der Waals surface area contributed by atoms with E-state index in [2.05, 4.69) is 4.98 Å². The summed E-state index contributed by atoms with van der Waals surface area (Å²) in [4.78, 5) is 19.3. The number of fused-ring (bicyclic) bond motifs is 2. The van der Waals surface area contributed by atoms with E-state index in [1.165, 1.54) is 11.8 Å². The quantitative estimate of drug-likeness (QED) is 0.596. The van der Waals surface area contributed by atoms with Gasteiger partial charge in [0.25, 0.3) is 0 Å². The Morgan fingerprint density at radius 3 is 2.75 bits per heavy atom. The lowest BCUT2D eigenvalue weighted by Gasteiger charge is -2.23. The van der Waals surface area contributed by atoms with Crippen molar-refractivity contribution in [3.05, 3.63) is 48.0 Å². The van der Waals surface area contributed by atoms with Crippen molar-refractivity contribution in [2.45, 2.75) is 18.6 Å². The summed E-state index contributed by atoms with van der Waals surface area (Å²) in [5, 5.41) is 0.852. The molecule has 7 heteroatoms. The van der Waals surface area contributed by atoms with Crippen molar-refractivity contribution in [3.8, 4) is 11.5 Å². The van der Waals surface area contributed by atoms with E-state index < -0.39 is 0 Å². The van der Waals surface area contributed by atoms with Gasteiger partial charge >= 0.3 is 0 Å². The minimum absolute atomic E-state index is 0.0921. The van der Waals surface area contributed by atoms with E-state index >= 15 is 0 Å². The van der Waals surface area contributed by atoms with Crippen LogP contribution in [0.15, 0.2) is 47.6 Å². The molecular weight excluding hydrogens is 374 g/mol. The van der Waals surface area contributed by atoms with Crippen molar-refractivity contribution >= 4 is 28.7 Å². The molecule has 0 bridgehead atoms. The number of carbonyl (C=O) groups excluding carboxylic acids is 1. The van der Waals surface area contributed by atoms with Crippen LogP contribution < -0.4 is 9.47 Å². The first-order chi connectivity index (χ1) is 13.7. The standard InChI is InChI=1S/C21H23N3O3S/c1-3-24(13-15-8-9-18-19(12-15)27-11-10-26-18)20(25)14-28-21-22-16-6-4-5-7-17(16)23(21)2/h4-9,12H,3,10-11,13-14H2,1-2H3. The summed E-state index contributed by atoms with van der Waals surface area (Å²) in [6, 6.07) is 13.9. The number of thioether (sulfide) groups is 1. The van der Waals surface area contributed by atoms with E-state index in [0.717, 1.165) is 33.3 Å². The van der Waals surface area contributed by atoms with Gasteiger partial charge in [0.2, 0.25) is 5.91 Å². The van der Waals surface area contributed by atoms with Gasteiger partial charge in [0.1, 0.15) is 13.2 Å². The number of ether oxygens (including phenoxy) is 2. The number of hydrogen-bond donors (Lipinski definition) is 0. The van der Waals surface area contributed by atoms with Crippen molar-refractivity contribution < 1.29 is 14.3 Å². The first-order valence-electron chi connectivity index (χ1n) is 9.36. The summed E-state index contributed by atoms with van der Waals surface area (Å²) in [6.45, 7) is 4.33. The minimum Gasteiger partial charge on any atom is -0.486 e. The van der Waals surface area contributed by atoms with E-state index in [9.17, 15) is 4.79 Å². The highest BCUT2D eigenvalue weighted by Gasteiger charge is 2.17. The molecule has 0 saturated heterocycles. The van der Waals surface area contributed by atoms with E-state index in [1.54, 1.807) is 0 Å². The topological polar surface area (TPSA) is 56.6 Å². The molecule has 146 valence electrons. The largest absolute Gasteiger partial charge is 0.486 e. The zero-order valence-electron chi connectivity index (χ0n) is 16.1. The third kappa shape index (κ3) is 3.80. The van der Waals surface area contributed by atoms with Crippen LogP contribution in [-0.4, -0.2) is 45.9 Å². The second-order valence-electron chi connectivity index (χ2n) is 6.62. The molecule has 0 radical (unpaired) electrons. The zero-order valence-corrected chi connectivity index (χ0v) is 16.9. The van der Waals surface area contributed by atoms with Crippen LogP contribution in [0.25, 0.3) is 11.0 Å². The summed E-state index contributed by atoms with van der Waals surface area (Å²) in [7, 11) is 1.98. The molecule has 3 aromatic rings. The molecule has 0 atom stereocenters. The third-order valence-corrected chi connectivity index (χ3v) is 5.80. The second-order valence-corrected chi connectivity index (χ2v) is 7.56. The number of hydrogen-bond acceptors (Lipinski definition) is 5. The fourth-order valence-corrected chi connectivity index (χ4v) is 4.14. The number of amides is 1. The molecule has 0 saturated carbocycles. The lowest BCUT2D eigenvalue weighted by atomic mass is 10.2. The van der Waals surface area contributed by atoms with Gasteiger partial charge in [-0.15, -0.1) is 0 Å².